The first-order valence-corrected chi connectivity index (χ1v) is 9.55. The maximum absolute atomic E-state index is 14.3. The van der Waals surface area contributed by atoms with Crippen molar-refractivity contribution in [3.05, 3.63) is 75.9 Å². The van der Waals surface area contributed by atoms with Crippen LogP contribution in [0.1, 0.15) is 17.7 Å². The fraction of sp³-hybridized carbons (Fsp3) is 0.130. The van der Waals surface area contributed by atoms with Crippen molar-refractivity contribution in [2.24, 2.45) is 4.99 Å². The number of halogens is 2. The number of ether oxygens (including phenoxy) is 1. The Balaban J connectivity index is 1.87. The topological polar surface area (TPSA) is 80.3 Å². The molecule has 5 rings (SSSR count). The first-order chi connectivity index (χ1) is 15.1. The van der Waals surface area contributed by atoms with Crippen LogP contribution in [0.25, 0.3) is 28.1 Å². The number of rotatable bonds is 2. The molecule has 152 valence electrons. The molecule has 6 nitrogen and oxygen atoms in total. The van der Waals surface area contributed by atoms with Gasteiger partial charge in [0.15, 0.2) is 0 Å². The maximum Gasteiger partial charge on any atom is 0.263 e. The lowest BCUT2D eigenvalue weighted by atomic mass is 9.96. The number of aromatic nitrogens is 2. The molecular formula is C23H14F2N4O2. The molecule has 0 amide bonds. The second kappa shape index (κ2) is 7.29. The summed E-state index contributed by atoms with van der Waals surface area (Å²) in [6.07, 6.45) is 5.19. The van der Waals surface area contributed by atoms with E-state index in [4.69, 9.17) is 4.74 Å². The van der Waals surface area contributed by atoms with Gasteiger partial charge in [0, 0.05) is 35.5 Å². The van der Waals surface area contributed by atoms with Crippen molar-refractivity contribution in [3.63, 3.8) is 0 Å². The van der Waals surface area contributed by atoms with Crippen LogP contribution < -0.4 is 10.3 Å². The van der Waals surface area contributed by atoms with Crippen molar-refractivity contribution in [2.75, 3.05) is 6.54 Å². The highest BCUT2D eigenvalue weighted by Gasteiger charge is 2.27. The minimum atomic E-state index is -0.717. The van der Waals surface area contributed by atoms with Crippen molar-refractivity contribution < 1.29 is 13.5 Å². The predicted molar refractivity (Wildman–Crippen MR) is 111 cm³/mol. The summed E-state index contributed by atoms with van der Waals surface area (Å²) in [6.45, 7) is 0.630. The Morgan fingerprint density at radius 3 is 2.81 bits per heavy atom. The van der Waals surface area contributed by atoms with Gasteiger partial charge in [0.25, 0.3) is 5.56 Å². The fourth-order valence-corrected chi connectivity index (χ4v) is 3.85. The van der Waals surface area contributed by atoms with Gasteiger partial charge in [-0.05, 0) is 18.6 Å². The predicted octanol–water partition coefficient (Wildman–Crippen LogP) is 3.93. The van der Waals surface area contributed by atoms with Gasteiger partial charge in [-0.1, -0.05) is 18.2 Å². The SMILES string of the molecule is N#Cc1c(F)cccc1-c1cc2c(n(C3=CCCN=C3)c1=O)COc1cc(F)cnc1-2. The molecule has 0 bridgehead atoms. The third kappa shape index (κ3) is 3.02. The van der Waals surface area contributed by atoms with Crippen LogP contribution in [0.3, 0.4) is 0 Å². The van der Waals surface area contributed by atoms with E-state index in [9.17, 15) is 18.8 Å². The van der Waals surface area contributed by atoms with E-state index in [0.717, 1.165) is 6.20 Å². The van der Waals surface area contributed by atoms with Crippen LogP contribution in [0, 0.1) is 23.0 Å². The van der Waals surface area contributed by atoms with Crippen molar-refractivity contribution in [3.8, 4) is 34.2 Å². The zero-order chi connectivity index (χ0) is 21.5. The molecule has 0 radical (unpaired) electrons. The molecule has 3 aromatic rings. The van der Waals surface area contributed by atoms with E-state index in [1.165, 1.54) is 28.8 Å². The Bertz CT molecular complexity index is 1400. The number of benzene rings is 1. The monoisotopic (exact) mass is 416 g/mol. The molecule has 31 heavy (non-hydrogen) atoms. The number of hydrogen-bond donors (Lipinski definition) is 0. The van der Waals surface area contributed by atoms with Crippen LogP contribution in [-0.2, 0) is 6.61 Å². The molecule has 0 atom stereocenters. The first kappa shape index (κ1) is 18.9. The summed E-state index contributed by atoms with van der Waals surface area (Å²) in [5.74, 6) is -1.02. The number of nitrogens with zero attached hydrogens (tertiary/aromatic N) is 4. The number of hydrogen-bond acceptors (Lipinski definition) is 5. The van der Waals surface area contributed by atoms with Crippen LogP contribution in [0.2, 0.25) is 0 Å². The van der Waals surface area contributed by atoms with Crippen LogP contribution >= 0.6 is 0 Å². The summed E-state index contributed by atoms with van der Waals surface area (Å²) in [5, 5.41) is 9.49. The lowest BCUT2D eigenvalue weighted by Crippen LogP contribution is -2.29. The van der Waals surface area contributed by atoms with Gasteiger partial charge in [-0.25, -0.2) is 13.8 Å². The van der Waals surface area contributed by atoms with Gasteiger partial charge in [0.1, 0.15) is 35.8 Å². The van der Waals surface area contributed by atoms with Crippen molar-refractivity contribution >= 4 is 11.9 Å². The van der Waals surface area contributed by atoms with Crippen LogP contribution in [0.5, 0.6) is 5.75 Å². The molecule has 2 aromatic heterocycles. The summed E-state index contributed by atoms with van der Waals surface area (Å²) in [6, 6.07) is 8.77. The summed E-state index contributed by atoms with van der Waals surface area (Å²) in [7, 11) is 0. The highest BCUT2D eigenvalue weighted by Crippen LogP contribution is 2.38. The van der Waals surface area contributed by atoms with Crippen LogP contribution in [-0.4, -0.2) is 22.3 Å². The summed E-state index contributed by atoms with van der Waals surface area (Å²) < 4.78 is 35.1. The zero-order valence-electron chi connectivity index (χ0n) is 16.1. The number of nitriles is 1. The third-order valence-corrected chi connectivity index (χ3v) is 5.25. The molecule has 2 aliphatic heterocycles. The molecule has 2 aliphatic rings. The van der Waals surface area contributed by atoms with E-state index in [-0.39, 0.29) is 29.0 Å². The van der Waals surface area contributed by atoms with Crippen molar-refractivity contribution in [2.45, 2.75) is 13.0 Å². The molecule has 1 aromatic carbocycles. The molecule has 4 heterocycles. The number of pyridine rings is 2. The first-order valence-electron chi connectivity index (χ1n) is 9.55. The molecule has 0 N–H and O–H groups in total. The Hall–Kier alpha value is -4.12. The molecule has 0 fully saturated rings. The maximum atomic E-state index is 14.3. The van der Waals surface area contributed by atoms with E-state index in [2.05, 4.69) is 9.98 Å². The van der Waals surface area contributed by atoms with E-state index in [0.29, 0.717) is 35.6 Å². The van der Waals surface area contributed by atoms with E-state index >= 15 is 0 Å². The highest BCUT2D eigenvalue weighted by atomic mass is 19.1. The van der Waals surface area contributed by atoms with Gasteiger partial charge in [0.05, 0.1) is 23.2 Å². The van der Waals surface area contributed by atoms with Crippen molar-refractivity contribution in [1.29, 1.82) is 5.26 Å². The summed E-state index contributed by atoms with van der Waals surface area (Å²) >= 11 is 0. The Labute approximate surface area is 175 Å². The Morgan fingerprint density at radius 1 is 1.16 bits per heavy atom. The van der Waals surface area contributed by atoms with Crippen molar-refractivity contribution in [1.82, 2.24) is 9.55 Å². The average molecular weight is 416 g/mol. The highest BCUT2D eigenvalue weighted by molar-refractivity contribution is 6.03. The Kier molecular flexibility index (Phi) is 4.44. The standard InChI is InChI=1S/C23H14F2N4O2/c24-13-7-21-22(28-10-13)17-8-16(15-4-1-5-19(25)18(15)9-26)23(30)29(20(17)12-31-21)14-3-2-6-27-11-14/h1,3-5,7-8,10-11H,2,6,12H2. The minimum absolute atomic E-state index is 0.0163. The van der Waals surface area contributed by atoms with Gasteiger partial charge in [-0.2, -0.15) is 5.26 Å². The molecule has 0 aliphatic carbocycles. The van der Waals surface area contributed by atoms with E-state index < -0.39 is 17.2 Å². The second-order valence-electron chi connectivity index (χ2n) is 7.08. The van der Waals surface area contributed by atoms with E-state index in [1.807, 2.05) is 12.1 Å². The third-order valence-electron chi connectivity index (χ3n) is 5.25. The summed E-state index contributed by atoms with van der Waals surface area (Å²) in [5.41, 5.74) is 1.63. The molecule has 0 saturated carbocycles. The average Bonchev–Trinajstić information content (AvgIpc) is 2.78. The lowest BCUT2D eigenvalue weighted by Gasteiger charge is -2.25. The largest absolute Gasteiger partial charge is 0.485 e. The van der Waals surface area contributed by atoms with Gasteiger partial charge in [0.2, 0.25) is 0 Å². The molecule has 0 unspecified atom stereocenters. The number of dihydropyridines is 1. The van der Waals surface area contributed by atoms with Gasteiger partial charge < -0.3 is 4.74 Å². The quantitative estimate of drug-likeness (QED) is 0.634. The zero-order valence-corrected chi connectivity index (χ0v) is 16.1. The number of aliphatic imine (C=N–C) groups is 1. The minimum Gasteiger partial charge on any atom is -0.485 e. The molecule has 0 saturated heterocycles. The van der Waals surface area contributed by atoms with Crippen LogP contribution in [0.4, 0.5) is 8.78 Å². The number of fused-ring (bicyclic) bond motifs is 3. The van der Waals surface area contributed by atoms with Gasteiger partial charge >= 0.3 is 0 Å². The normalized spacial score (nSPS) is 14.2. The van der Waals surface area contributed by atoms with Gasteiger partial charge in [-0.15, -0.1) is 0 Å². The molecular weight excluding hydrogens is 402 g/mol. The number of allylic oxidation sites excluding steroid dienone is 1. The van der Waals surface area contributed by atoms with Crippen LogP contribution in [0.15, 0.2) is 52.4 Å². The van der Waals surface area contributed by atoms with Gasteiger partial charge in [-0.3, -0.25) is 14.4 Å². The van der Waals surface area contributed by atoms with E-state index in [1.54, 1.807) is 12.3 Å². The summed E-state index contributed by atoms with van der Waals surface area (Å²) in [4.78, 5) is 22.0. The molecule has 8 heteroatoms. The Morgan fingerprint density at radius 2 is 2.03 bits per heavy atom. The fourth-order valence-electron chi connectivity index (χ4n) is 3.85. The smallest absolute Gasteiger partial charge is 0.263 e. The molecule has 0 spiro atoms. The lowest BCUT2D eigenvalue weighted by molar-refractivity contribution is 0.291. The second-order valence-corrected chi connectivity index (χ2v) is 7.08.